The van der Waals surface area contributed by atoms with Crippen molar-refractivity contribution in [1.82, 2.24) is 10.2 Å². The molecule has 7 heteroatoms. The molecule has 0 bridgehead atoms. The molecule has 0 atom stereocenters. The van der Waals surface area contributed by atoms with Crippen LogP contribution < -0.4 is 5.32 Å². The lowest BCUT2D eigenvalue weighted by Gasteiger charge is -2.12. The van der Waals surface area contributed by atoms with Crippen LogP contribution in [0.2, 0.25) is 0 Å². The first-order chi connectivity index (χ1) is 13.8. The van der Waals surface area contributed by atoms with Crippen LogP contribution in [-0.2, 0) is 6.18 Å². The van der Waals surface area contributed by atoms with E-state index in [1.54, 1.807) is 18.3 Å². The maximum atomic E-state index is 12.9. The van der Waals surface area contributed by atoms with Gasteiger partial charge in [-0.2, -0.15) is 18.3 Å². The fourth-order valence-electron chi connectivity index (χ4n) is 3.16. The van der Waals surface area contributed by atoms with E-state index in [0.717, 1.165) is 39.7 Å². The van der Waals surface area contributed by atoms with Crippen molar-refractivity contribution in [1.29, 1.82) is 0 Å². The average Bonchev–Trinajstić information content (AvgIpc) is 3.16. The van der Waals surface area contributed by atoms with Gasteiger partial charge < -0.3 is 5.32 Å². The van der Waals surface area contributed by atoms with Gasteiger partial charge in [0, 0.05) is 16.6 Å². The topological polar surface area (TPSA) is 57.8 Å². The first-order valence-electron chi connectivity index (χ1n) is 8.84. The number of rotatable bonds is 3. The van der Waals surface area contributed by atoms with E-state index >= 15 is 0 Å². The summed E-state index contributed by atoms with van der Waals surface area (Å²) in [6.45, 7) is 1.95. The van der Waals surface area contributed by atoms with Gasteiger partial charge in [-0.25, -0.2) is 0 Å². The van der Waals surface area contributed by atoms with Gasteiger partial charge in [0.15, 0.2) is 0 Å². The molecule has 1 heterocycles. The molecule has 0 radical (unpaired) electrons. The van der Waals surface area contributed by atoms with E-state index in [2.05, 4.69) is 15.5 Å². The van der Waals surface area contributed by atoms with Crippen LogP contribution >= 0.6 is 0 Å². The number of hydrogen-bond donors (Lipinski definition) is 2. The molecule has 0 saturated carbocycles. The number of aromatic amines is 1. The number of halogens is 3. The number of hydrogen-bond acceptors (Lipinski definition) is 2. The second-order valence-electron chi connectivity index (χ2n) is 6.73. The number of carbonyl (C=O) groups excluding carboxylic acids is 1. The molecule has 0 spiro atoms. The van der Waals surface area contributed by atoms with Crippen LogP contribution in [0.15, 0.2) is 66.9 Å². The van der Waals surface area contributed by atoms with Gasteiger partial charge in [-0.15, -0.1) is 0 Å². The van der Waals surface area contributed by atoms with Gasteiger partial charge in [-0.05, 0) is 60.0 Å². The predicted molar refractivity (Wildman–Crippen MR) is 106 cm³/mol. The molecular formula is C22H16F3N3O. The number of benzene rings is 3. The SMILES string of the molecule is Cc1ccc(NC(=O)c2cccc(C(F)(F)F)c2)cc1-c1ccc2cn[nH]c2c1. The zero-order valence-corrected chi connectivity index (χ0v) is 15.3. The van der Waals surface area contributed by atoms with Gasteiger partial charge in [0.05, 0.1) is 17.3 Å². The summed E-state index contributed by atoms with van der Waals surface area (Å²) in [6, 6.07) is 15.6. The molecule has 0 fully saturated rings. The van der Waals surface area contributed by atoms with Crippen molar-refractivity contribution in [2.75, 3.05) is 5.32 Å². The highest BCUT2D eigenvalue weighted by atomic mass is 19.4. The van der Waals surface area contributed by atoms with Gasteiger partial charge in [0.1, 0.15) is 0 Å². The molecule has 4 nitrogen and oxygen atoms in total. The molecule has 1 aromatic heterocycles. The molecule has 1 amide bonds. The number of aryl methyl sites for hydroxylation is 1. The number of anilines is 1. The summed E-state index contributed by atoms with van der Waals surface area (Å²) >= 11 is 0. The number of H-pyrrole nitrogens is 1. The fourth-order valence-corrected chi connectivity index (χ4v) is 3.16. The zero-order chi connectivity index (χ0) is 20.6. The summed E-state index contributed by atoms with van der Waals surface area (Å²) < 4.78 is 38.7. The third-order valence-electron chi connectivity index (χ3n) is 4.70. The van der Waals surface area contributed by atoms with Crippen molar-refractivity contribution in [3.63, 3.8) is 0 Å². The lowest BCUT2D eigenvalue weighted by molar-refractivity contribution is -0.137. The first-order valence-corrected chi connectivity index (χ1v) is 8.84. The minimum Gasteiger partial charge on any atom is -0.322 e. The van der Waals surface area contributed by atoms with E-state index in [9.17, 15) is 18.0 Å². The number of amides is 1. The van der Waals surface area contributed by atoms with Crippen molar-refractivity contribution in [3.8, 4) is 11.1 Å². The van der Waals surface area contributed by atoms with Crippen LogP contribution in [0.1, 0.15) is 21.5 Å². The van der Waals surface area contributed by atoms with E-state index in [4.69, 9.17) is 0 Å². The van der Waals surface area contributed by atoms with E-state index in [1.165, 1.54) is 12.1 Å². The molecule has 4 rings (SSSR count). The normalized spacial score (nSPS) is 11.6. The largest absolute Gasteiger partial charge is 0.416 e. The van der Waals surface area contributed by atoms with Crippen molar-refractivity contribution in [3.05, 3.63) is 83.6 Å². The average molecular weight is 395 g/mol. The molecule has 2 N–H and O–H groups in total. The van der Waals surface area contributed by atoms with Gasteiger partial charge in [0.2, 0.25) is 0 Å². The molecule has 0 unspecified atom stereocenters. The van der Waals surface area contributed by atoms with Crippen molar-refractivity contribution >= 4 is 22.5 Å². The zero-order valence-electron chi connectivity index (χ0n) is 15.3. The Labute approximate surface area is 164 Å². The standard InChI is InChI=1S/C22H16F3N3O/c1-13-5-8-18(11-19(13)14-6-7-16-12-26-28-20(16)10-14)27-21(29)15-3-2-4-17(9-15)22(23,24)25/h2-12H,1H3,(H,26,28)(H,27,29). The minimum absolute atomic E-state index is 0.0548. The summed E-state index contributed by atoms with van der Waals surface area (Å²) in [7, 11) is 0. The van der Waals surface area contributed by atoms with E-state index in [1.807, 2.05) is 31.2 Å². The summed E-state index contributed by atoms with van der Waals surface area (Å²) in [6.07, 6.45) is -2.77. The third kappa shape index (κ3) is 3.85. The summed E-state index contributed by atoms with van der Waals surface area (Å²) in [5.41, 5.74) is 3.32. The Kier molecular flexibility index (Phi) is 4.58. The predicted octanol–water partition coefficient (Wildman–Crippen LogP) is 5.81. The highest BCUT2D eigenvalue weighted by Gasteiger charge is 2.30. The van der Waals surface area contributed by atoms with E-state index in [-0.39, 0.29) is 5.56 Å². The summed E-state index contributed by atoms with van der Waals surface area (Å²) in [4.78, 5) is 12.5. The van der Waals surface area contributed by atoms with Gasteiger partial charge in [-0.3, -0.25) is 9.89 Å². The number of carbonyl (C=O) groups is 1. The van der Waals surface area contributed by atoms with Gasteiger partial charge in [0.25, 0.3) is 5.91 Å². The molecule has 4 aromatic rings. The van der Waals surface area contributed by atoms with Crippen LogP contribution in [-0.4, -0.2) is 16.1 Å². The van der Waals surface area contributed by atoms with Gasteiger partial charge in [-0.1, -0.05) is 24.3 Å². The Balaban J connectivity index is 1.63. The molecule has 0 aliphatic carbocycles. The van der Waals surface area contributed by atoms with Crippen LogP contribution in [0.3, 0.4) is 0 Å². The smallest absolute Gasteiger partial charge is 0.322 e. The number of aromatic nitrogens is 2. The Morgan fingerprint density at radius 1 is 1.03 bits per heavy atom. The number of nitrogens with zero attached hydrogens (tertiary/aromatic N) is 1. The molecule has 3 aromatic carbocycles. The first kappa shape index (κ1) is 18.7. The molecular weight excluding hydrogens is 379 g/mol. The Hall–Kier alpha value is -3.61. The lowest BCUT2D eigenvalue weighted by atomic mass is 9.99. The molecule has 0 aliphatic rings. The summed E-state index contributed by atoms with van der Waals surface area (Å²) in [5, 5.41) is 10.6. The van der Waals surface area contributed by atoms with Crippen LogP contribution in [0.4, 0.5) is 18.9 Å². The fraction of sp³-hybridized carbons (Fsp3) is 0.0909. The number of alkyl halides is 3. The summed E-state index contributed by atoms with van der Waals surface area (Å²) in [5.74, 6) is -0.602. The highest BCUT2D eigenvalue weighted by molar-refractivity contribution is 6.04. The number of fused-ring (bicyclic) bond motifs is 1. The molecule has 146 valence electrons. The van der Waals surface area contributed by atoms with Crippen LogP contribution in [0.5, 0.6) is 0 Å². The van der Waals surface area contributed by atoms with Crippen LogP contribution in [0.25, 0.3) is 22.0 Å². The second-order valence-corrected chi connectivity index (χ2v) is 6.73. The Bertz CT molecular complexity index is 1210. The number of nitrogens with one attached hydrogen (secondary N) is 2. The highest BCUT2D eigenvalue weighted by Crippen LogP contribution is 2.31. The van der Waals surface area contributed by atoms with E-state index < -0.39 is 17.6 Å². The third-order valence-corrected chi connectivity index (χ3v) is 4.70. The molecule has 29 heavy (non-hydrogen) atoms. The van der Waals surface area contributed by atoms with Crippen molar-refractivity contribution in [2.45, 2.75) is 13.1 Å². The second kappa shape index (κ2) is 7.09. The van der Waals surface area contributed by atoms with Crippen LogP contribution in [0, 0.1) is 6.92 Å². The molecule has 0 saturated heterocycles. The Morgan fingerprint density at radius 3 is 2.66 bits per heavy atom. The van der Waals surface area contributed by atoms with Gasteiger partial charge >= 0.3 is 6.18 Å². The van der Waals surface area contributed by atoms with E-state index in [0.29, 0.717) is 5.69 Å². The lowest BCUT2D eigenvalue weighted by Crippen LogP contribution is -2.14. The van der Waals surface area contributed by atoms with Crippen molar-refractivity contribution < 1.29 is 18.0 Å². The van der Waals surface area contributed by atoms with Crippen molar-refractivity contribution in [2.24, 2.45) is 0 Å². The maximum Gasteiger partial charge on any atom is 0.416 e. The quantitative estimate of drug-likeness (QED) is 0.460. The Morgan fingerprint density at radius 2 is 1.86 bits per heavy atom. The maximum absolute atomic E-state index is 12.9. The molecule has 0 aliphatic heterocycles. The minimum atomic E-state index is -4.50. The monoisotopic (exact) mass is 395 g/mol.